The molecule has 0 aromatic heterocycles. The van der Waals surface area contributed by atoms with Crippen molar-refractivity contribution in [1.29, 1.82) is 0 Å². The summed E-state index contributed by atoms with van der Waals surface area (Å²) >= 11 is 0. The molecule has 0 spiro atoms. The van der Waals surface area contributed by atoms with Gasteiger partial charge in [-0.25, -0.2) is 18.4 Å². The third-order valence-corrected chi connectivity index (χ3v) is 5.09. The smallest absolute Gasteiger partial charge is 0.339 e. The Bertz CT molecular complexity index is 1190. The monoisotopic (exact) mass is 445 g/mol. The molecular weight excluding hydrogens is 426 g/mol. The highest BCUT2D eigenvalue weighted by Crippen LogP contribution is 2.37. The highest BCUT2D eigenvalue weighted by Gasteiger charge is 2.24. The van der Waals surface area contributed by atoms with Gasteiger partial charge in [0.2, 0.25) is 10.0 Å². The number of primary sulfonamides is 1. The summed E-state index contributed by atoms with van der Waals surface area (Å²) < 4.78 is 45.7. The molecule has 162 valence electrons. The van der Waals surface area contributed by atoms with Crippen molar-refractivity contribution in [2.45, 2.75) is 4.90 Å². The summed E-state index contributed by atoms with van der Waals surface area (Å²) in [5.41, 5.74) is -0.401. The number of carboxylic acid groups (broad SMARTS) is 1. The molecule has 0 aliphatic rings. The number of rotatable bonds is 8. The summed E-state index contributed by atoms with van der Waals surface area (Å²) in [7, 11) is -1.30. The van der Waals surface area contributed by atoms with Crippen LogP contribution in [0.5, 0.6) is 34.5 Å². The van der Waals surface area contributed by atoms with Gasteiger partial charge in [0.15, 0.2) is 5.75 Å². The summed E-state index contributed by atoms with van der Waals surface area (Å²) in [4.78, 5) is 11.2. The fourth-order valence-electron chi connectivity index (χ4n) is 2.64. The molecule has 0 saturated carbocycles. The molecular formula is C21H19NO8S. The normalized spacial score (nSPS) is 10.9. The minimum absolute atomic E-state index is 0.131. The number of hydrogen-bond donors (Lipinski definition) is 2. The number of nitrogens with two attached hydrogens (primary N) is 1. The maximum atomic E-state index is 12.1. The van der Waals surface area contributed by atoms with Crippen LogP contribution in [0.4, 0.5) is 0 Å². The standard InChI is InChI=1S/C21H19NO8S/c1-27-13-3-7-15(8-4-13)29-18-12-19(30-16-9-5-14(28-2)6-10-16)20(31(22,25)26)11-17(18)21(23)24/h3-12H,1-2H3,(H,23,24)(H2,22,25,26). The number of carboxylic acids is 1. The van der Waals surface area contributed by atoms with Crippen molar-refractivity contribution in [3.05, 3.63) is 66.2 Å². The molecule has 0 unspecified atom stereocenters. The molecule has 0 bridgehead atoms. The van der Waals surface area contributed by atoms with Crippen LogP contribution in [0.3, 0.4) is 0 Å². The molecule has 10 heteroatoms. The quantitative estimate of drug-likeness (QED) is 0.537. The average molecular weight is 445 g/mol. The summed E-state index contributed by atoms with van der Waals surface area (Å²) in [5.74, 6) is 0.0214. The minimum Gasteiger partial charge on any atom is -0.497 e. The van der Waals surface area contributed by atoms with Crippen LogP contribution < -0.4 is 24.1 Å². The number of carbonyl (C=O) groups is 1. The van der Waals surface area contributed by atoms with Gasteiger partial charge in [0.05, 0.1) is 14.2 Å². The maximum absolute atomic E-state index is 12.1. The van der Waals surface area contributed by atoms with Gasteiger partial charge in [0.25, 0.3) is 0 Å². The van der Waals surface area contributed by atoms with Crippen LogP contribution in [0, 0.1) is 0 Å². The molecule has 0 fully saturated rings. The number of methoxy groups -OCH3 is 2. The van der Waals surface area contributed by atoms with Crippen molar-refractivity contribution >= 4 is 16.0 Å². The number of ether oxygens (including phenoxy) is 4. The van der Waals surface area contributed by atoms with Crippen LogP contribution in [-0.4, -0.2) is 33.7 Å². The van der Waals surface area contributed by atoms with E-state index in [0.29, 0.717) is 17.2 Å². The van der Waals surface area contributed by atoms with Crippen LogP contribution >= 0.6 is 0 Å². The second-order valence-corrected chi connectivity index (χ2v) is 7.73. The Kier molecular flexibility index (Phi) is 6.33. The first-order valence-corrected chi connectivity index (χ1v) is 10.3. The van der Waals surface area contributed by atoms with Crippen LogP contribution in [0.25, 0.3) is 0 Å². The van der Waals surface area contributed by atoms with Crippen LogP contribution in [0.2, 0.25) is 0 Å². The molecule has 0 aliphatic carbocycles. The van der Waals surface area contributed by atoms with E-state index in [4.69, 9.17) is 24.1 Å². The van der Waals surface area contributed by atoms with Gasteiger partial charge in [-0.1, -0.05) is 0 Å². The molecule has 0 atom stereocenters. The topological polar surface area (TPSA) is 134 Å². The minimum atomic E-state index is -4.31. The first-order valence-electron chi connectivity index (χ1n) is 8.79. The first kappa shape index (κ1) is 21.9. The second-order valence-electron chi connectivity index (χ2n) is 6.20. The lowest BCUT2D eigenvalue weighted by Gasteiger charge is -2.15. The molecule has 3 N–H and O–H groups in total. The summed E-state index contributed by atoms with van der Waals surface area (Å²) in [6.07, 6.45) is 0. The predicted octanol–water partition coefficient (Wildman–Crippen LogP) is 3.63. The van der Waals surface area contributed by atoms with Crippen molar-refractivity contribution in [1.82, 2.24) is 0 Å². The number of benzene rings is 3. The maximum Gasteiger partial charge on any atom is 0.339 e. The Morgan fingerprint density at radius 1 is 0.774 bits per heavy atom. The van der Waals surface area contributed by atoms with E-state index in [2.05, 4.69) is 0 Å². The molecule has 31 heavy (non-hydrogen) atoms. The Hall–Kier alpha value is -3.76. The van der Waals surface area contributed by atoms with E-state index in [-0.39, 0.29) is 17.2 Å². The fourth-order valence-corrected chi connectivity index (χ4v) is 3.30. The molecule has 0 radical (unpaired) electrons. The van der Waals surface area contributed by atoms with Gasteiger partial charge < -0.3 is 24.1 Å². The van der Waals surface area contributed by atoms with E-state index in [0.717, 1.165) is 12.1 Å². The van der Waals surface area contributed by atoms with Crippen molar-refractivity contribution in [2.75, 3.05) is 14.2 Å². The van der Waals surface area contributed by atoms with E-state index in [1.807, 2.05) is 0 Å². The summed E-state index contributed by atoms with van der Waals surface area (Å²) in [6, 6.07) is 14.8. The Morgan fingerprint density at radius 3 is 1.58 bits per heavy atom. The predicted molar refractivity (Wildman–Crippen MR) is 111 cm³/mol. The van der Waals surface area contributed by atoms with E-state index in [1.165, 1.54) is 14.2 Å². The van der Waals surface area contributed by atoms with E-state index in [9.17, 15) is 18.3 Å². The van der Waals surface area contributed by atoms with Crippen LogP contribution in [-0.2, 0) is 10.0 Å². The molecule has 9 nitrogen and oxygen atoms in total. The van der Waals surface area contributed by atoms with Crippen molar-refractivity contribution < 1.29 is 37.3 Å². The van der Waals surface area contributed by atoms with Gasteiger partial charge >= 0.3 is 5.97 Å². The number of hydrogen-bond acceptors (Lipinski definition) is 7. The molecule has 0 amide bonds. The second kappa shape index (κ2) is 8.94. The Morgan fingerprint density at radius 2 is 1.19 bits per heavy atom. The van der Waals surface area contributed by atoms with Gasteiger partial charge in [-0.3, -0.25) is 0 Å². The number of aromatic carboxylic acids is 1. The number of sulfonamides is 1. The molecule has 3 aromatic rings. The SMILES string of the molecule is COc1ccc(Oc2cc(Oc3ccc(OC)cc3)c(S(N)(=O)=O)cc2C(=O)O)cc1. The van der Waals surface area contributed by atoms with Gasteiger partial charge in [-0.05, 0) is 54.6 Å². The van der Waals surface area contributed by atoms with Crippen molar-refractivity contribution in [3.63, 3.8) is 0 Å². The zero-order valence-corrected chi connectivity index (χ0v) is 17.4. The van der Waals surface area contributed by atoms with Gasteiger partial charge in [-0.2, -0.15) is 0 Å². The van der Waals surface area contributed by atoms with Gasteiger partial charge in [0.1, 0.15) is 39.2 Å². The summed E-state index contributed by atoms with van der Waals surface area (Å²) in [6.45, 7) is 0. The third-order valence-electron chi connectivity index (χ3n) is 4.16. The molecule has 0 aliphatic heterocycles. The van der Waals surface area contributed by atoms with Crippen molar-refractivity contribution in [2.24, 2.45) is 5.14 Å². The zero-order valence-electron chi connectivity index (χ0n) is 16.6. The average Bonchev–Trinajstić information content (AvgIpc) is 2.74. The molecule has 0 heterocycles. The van der Waals surface area contributed by atoms with E-state index >= 15 is 0 Å². The largest absolute Gasteiger partial charge is 0.497 e. The zero-order chi connectivity index (χ0) is 22.6. The first-order chi connectivity index (χ1) is 14.7. The summed E-state index contributed by atoms with van der Waals surface area (Å²) in [5, 5.41) is 14.8. The lowest BCUT2D eigenvalue weighted by Crippen LogP contribution is -2.15. The Balaban J connectivity index is 2.08. The Labute approximate surface area is 178 Å². The van der Waals surface area contributed by atoms with E-state index < -0.39 is 26.5 Å². The van der Waals surface area contributed by atoms with Gasteiger partial charge in [-0.15, -0.1) is 0 Å². The van der Waals surface area contributed by atoms with Crippen LogP contribution in [0.1, 0.15) is 10.4 Å². The highest BCUT2D eigenvalue weighted by atomic mass is 32.2. The lowest BCUT2D eigenvalue weighted by atomic mass is 10.2. The molecule has 3 aromatic carbocycles. The molecule has 3 rings (SSSR count). The van der Waals surface area contributed by atoms with Crippen molar-refractivity contribution in [3.8, 4) is 34.5 Å². The van der Waals surface area contributed by atoms with Crippen LogP contribution in [0.15, 0.2) is 65.6 Å². The fraction of sp³-hybridized carbons (Fsp3) is 0.0952. The molecule has 0 saturated heterocycles. The lowest BCUT2D eigenvalue weighted by molar-refractivity contribution is 0.0694. The van der Waals surface area contributed by atoms with E-state index in [1.54, 1.807) is 48.5 Å². The van der Waals surface area contributed by atoms with Gasteiger partial charge in [0, 0.05) is 6.07 Å². The third kappa shape index (κ3) is 5.24. The highest BCUT2D eigenvalue weighted by molar-refractivity contribution is 7.89.